The van der Waals surface area contributed by atoms with Gasteiger partial charge in [0.2, 0.25) is 0 Å². The summed E-state index contributed by atoms with van der Waals surface area (Å²) >= 11 is 7.48. The van der Waals surface area contributed by atoms with Crippen LogP contribution in [0.3, 0.4) is 0 Å². The molecule has 0 saturated carbocycles. The summed E-state index contributed by atoms with van der Waals surface area (Å²) in [6.45, 7) is 5.99. The highest BCUT2D eigenvalue weighted by molar-refractivity contribution is 8.18. The molecule has 2 heterocycles. The molecule has 0 atom stereocenters. The van der Waals surface area contributed by atoms with Gasteiger partial charge in [-0.2, -0.15) is 0 Å². The second-order valence-electron chi connectivity index (χ2n) is 6.77. The lowest BCUT2D eigenvalue weighted by molar-refractivity contribution is -0.122. The SMILES string of the molecule is CCN=C1S/C(=C/c2cn(Cc3ccc(Cl)cc3)c3ccccc23)C(=O)N1CC. The summed E-state index contributed by atoms with van der Waals surface area (Å²) in [6.07, 6.45) is 4.11. The maximum atomic E-state index is 12.8. The van der Waals surface area contributed by atoms with Crippen molar-refractivity contribution in [1.29, 1.82) is 0 Å². The molecule has 0 spiro atoms. The molecule has 6 heteroatoms. The Morgan fingerprint density at radius 3 is 2.59 bits per heavy atom. The molecule has 0 radical (unpaired) electrons. The molecule has 29 heavy (non-hydrogen) atoms. The van der Waals surface area contributed by atoms with E-state index >= 15 is 0 Å². The molecule has 0 bridgehead atoms. The first-order chi connectivity index (χ1) is 14.1. The molecule has 1 saturated heterocycles. The van der Waals surface area contributed by atoms with Crippen LogP contribution in [0.5, 0.6) is 0 Å². The number of aliphatic imine (C=N–C) groups is 1. The van der Waals surface area contributed by atoms with E-state index in [9.17, 15) is 4.79 Å². The molecule has 4 rings (SSSR count). The Kier molecular flexibility index (Phi) is 5.79. The summed E-state index contributed by atoms with van der Waals surface area (Å²) < 4.78 is 2.22. The lowest BCUT2D eigenvalue weighted by Crippen LogP contribution is -2.28. The Balaban J connectivity index is 1.73. The number of hydrogen-bond acceptors (Lipinski definition) is 3. The number of benzene rings is 2. The largest absolute Gasteiger partial charge is 0.342 e. The highest BCUT2D eigenvalue weighted by Crippen LogP contribution is 2.34. The van der Waals surface area contributed by atoms with Crippen molar-refractivity contribution in [2.75, 3.05) is 13.1 Å². The van der Waals surface area contributed by atoms with Crippen LogP contribution in [0.4, 0.5) is 0 Å². The van der Waals surface area contributed by atoms with Crippen LogP contribution in [0.25, 0.3) is 17.0 Å². The van der Waals surface area contributed by atoms with Crippen LogP contribution in [0.1, 0.15) is 25.0 Å². The lowest BCUT2D eigenvalue weighted by atomic mass is 10.1. The topological polar surface area (TPSA) is 37.6 Å². The number of aromatic nitrogens is 1. The van der Waals surface area contributed by atoms with E-state index in [0.717, 1.165) is 33.2 Å². The first kappa shape index (κ1) is 19.8. The maximum absolute atomic E-state index is 12.8. The van der Waals surface area contributed by atoms with Crippen molar-refractivity contribution in [2.45, 2.75) is 20.4 Å². The summed E-state index contributed by atoms with van der Waals surface area (Å²) in [7, 11) is 0. The number of thioether (sulfide) groups is 1. The second kappa shape index (κ2) is 8.47. The van der Waals surface area contributed by atoms with Gasteiger partial charge in [-0.3, -0.25) is 14.7 Å². The number of likely N-dealkylation sites (N-methyl/N-ethyl adjacent to an activating group) is 1. The minimum absolute atomic E-state index is 0.0271. The van der Waals surface area contributed by atoms with Crippen LogP contribution in [0.15, 0.2) is 64.6 Å². The standard InChI is InChI=1S/C23H22ClN3OS/c1-3-25-23-27(4-2)22(28)21(29-23)13-17-15-26(20-8-6-5-7-19(17)20)14-16-9-11-18(24)12-10-16/h5-13,15H,3-4,14H2,1-2H3/b21-13+,25-23?. The third kappa shape index (κ3) is 3.98. The fourth-order valence-electron chi connectivity index (χ4n) is 3.49. The van der Waals surface area contributed by atoms with E-state index in [-0.39, 0.29) is 5.91 Å². The fraction of sp³-hybridized carbons (Fsp3) is 0.217. The lowest BCUT2D eigenvalue weighted by Gasteiger charge is -2.11. The average Bonchev–Trinajstić information content (AvgIpc) is 3.22. The van der Waals surface area contributed by atoms with Gasteiger partial charge in [0.15, 0.2) is 5.17 Å². The zero-order valence-corrected chi connectivity index (χ0v) is 18.0. The number of amides is 1. The molecule has 0 aliphatic carbocycles. The quantitative estimate of drug-likeness (QED) is 0.497. The molecule has 1 fully saturated rings. The smallest absolute Gasteiger partial charge is 0.266 e. The molecule has 0 N–H and O–H groups in total. The summed E-state index contributed by atoms with van der Waals surface area (Å²) in [5.74, 6) is 0.0271. The van der Waals surface area contributed by atoms with Gasteiger partial charge in [0.05, 0.1) is 4.91 Å². The van der Waals surface area contributed by atoms with Crippen LogP contribution in [-0.4, -0.2) is 33.6 Å². The third-order valence-corrected chi connectivity index (χ3v) is 6.17. The summed E-state index contributed by atoms with van der Waals surface area (Å²) in [5, 5.41) is 2.65. The molecule has 2 aromatic carbocycles. The summed E-state index contributed by atoms with van der Waals surface area (Å²) in [4.78, 5) is 19.8. The van der Waals surface area contributed by atoms with Gasteiger partial charge < -0.3 is 4.57 Å². The highest BCUT2D eigenvalue weighted by atomic mass is 35.5. The van der Waals surface area contributed by atoms with Crippen molar-refractivity contribution in [2.24, 2.45) is 4.99 Å². The molecule has 0 unspecified atom stereocenters. The number of halogens is 1. The van der Waals surface area contributed by atoms with Gasteiger partial charge in [-0.25, -0.2) is 0 Å². The summed E-state index contributed by atoms with van der Waals surface area (Å²) in [6, 6.07) is 16.2. The van der Waals surface area contributed by atoms with E-state index in [1.165, 1.54) is 17.3 Å². The van der Waals surface area contributed by atoms with Crippen LogP contribution < -0.4 is 0 Å². The Morgan fingerprint density at radius 1 is 1.10 bits per heavy atom. The van der Waals surface area contributed by atoms with E-state index in [1.807, 2.05) is 56.3 Å². The Hall–Kier alpha value is -2.50. The molecule has 1 amide bonds. The number of carbonyl (C=O) groups is 1. The number of para-hydroxylation sites is 1. The van der Waals surface area contributed by atoms with Gasteiger partial charge in [0.1, 0.15) is 0 Å². The molecular formula is C23H22ClN3OS. The Morgan fingerprint density at radius 2 is 1.86 bits per heavy atom. The third-order valence-electron chi connectivity index (χ3n) is 4.87. The van der Waals surface area contributed by atoms with Crippen LogP contribution in [0.2, 0.25) is 5.02 Å². The number of carbonyl (C=O) groups excluding carboxylic acids is 1. The minimum atomic E-state index is 0.0271. The van der Waals surface area contributed by atoms with E-state index in [0.29, 0.717) is 18.0 Å². The van der Waals surface area contributed by atoms with Crippen molar-refractivity contribution in [3.05, 3.63) is 75.8 Å². The fourth-order valence-corrected chi connectivity index (χ4v) is 4.71. The van der Waals surface area contributed by atoms with E-state index in [4.69, 9.17) is 11.6 Å². The monoisotopic (exact) mass is 423 g/mol. The number of fused-ring (bicyclic) bond motifs is 1. The second-order valence-corrected chi connectivity index (χ2v) is 8.22. The number of amidine groups is 1. The average molecular weight is 424 g/mol. The first-order valence-electron chi connectivity index (χ1n) is 9.69. The number of hydrogen-bond donors (Lipinski definition) is 0. The Bertz CT molecular complexity index is 1110. The van der Waals surface area contributed by atoms with Crippen LogP contribution in [0, 0.1) is 0 Å². The van der Waals surface area contributed by atoms with Gasteiger partial charge in [-0.1, -0.05) is 41.9 Å². The van der Waals surface area contributed by atoms with E-state index < -0.39 is 0 Å². The predicted molar refractivity (Wildman–Crippen MR) is 123 cm³/mol. The van der Waals surface area contributed by atoms with Crippen molar-refractivity contribution >= 4 is 51.4 Å². The Labute approximate surface area is 179 Å². The predicted octanol–water partition coefficient (Wildman–Crippen LogP) is 5.66. The van der Waals surface area contributed by atoms with Crippen LogP contribution in [-0.2, 0) is 11.3 Å². The zero-order valence-electron chi connectivity index (χ0n) is 16.4. The number of nitrogens with zero attached hydrogens (tertiary/aromatic N) is 3. The molecule has 4 nitrogen and oxygen atoms in total. The first-order valence-corrected chi connectivity index (χ1v) is 10.9. The molecular weight excluding hydrogens is 402 g/mol. The minimum Gasteiger partial charge on any atom is -0.342 e. The van der Waals surface area contributed by atoms with Crippen molar-refractivity contribution in [1.82, 2.24) is 9.47 Å². The van der Waals surface area contributed by atoms with Crippen molar-refractivity contribution in [3.63, 3.8) is 0 Å². The van der Waals surface area contributed by atoms with Crippen molar-refractivity contribution < 1.29 is 4.79 Å². The molecule has 1 aromatic heterocycles. The van der Waals surface area contributed by atoms with Gasteiger partial charge >= 0.3 is 0 Å². The molecule has 1 aliphatic rings. The van der Waals surface area contributed by atoms with Crippen molar-refractivity contribution in [3.8, 4) is 0 Å². The van der Waals surface area contributed by atoms with Gasteiger partial charge in [-0.15, -0.1) is 0 Å². The van der Waals surface area contributed by atoms with Crippen LogP contribution >= 0.6 is 23.4 Å². The van der Waals surface area contributed by atoms with Gasteiger partial charge in [0, 0.05) is 47.3 Å². The summed E-state index contributed by atoms with van der Waals surface area (Å²) in [5.41, 5.74) is 3.36. The normalized spacial score (nSPS) is 17.2. The van der Waals surface area contributed by atoms with Gasteiger partial charge in [0.25, 0.3) is 5.91 Å². The van der Waals surface area contributed by atoms with E-state index in [1.54, 1.807) is 4.90 Å². The molecule has 3 aromatic rings. The zero-order chi connectivity index (χ0) is 20.4. The van der Waals surface area contributed by atoms with Gasteiger partial charge in [-0.05, 0) is 55.4 Å². The number of rotatable bonds is 5. The molecule has 148 valence electrons. The molecule has 1 aliphatic heterocycles. The maximum Gasteiger partial charge on any atom is 0.266 e. The highest BCUT2D eigenvalue weighted by Gasteiger charge is 2.32. The van der Waals surface area contributed by atoms with E-state index in [2.05, 4.69) is 27.9 Å².